The van der Waals surface area contributed by atoms with Gasteiger partial charge in [-0.2, -0.15) is 0 Å². The van der Waals surface area contributed by atoms with E-state index in [0.717, 1.165) is 16.6 Å². The van der Waals surface area contributed by atoms with Gasteiger partial charge in [-0.25, -0.2) is 9.97 Å². The van der Waals surface area contributed by atoms with Crippen LogP contribution >= 0.6 is 11.6 Å². The minimum absolute atomic E-state index is 0.117. The third-order valence-electron chi connectivity index (χ3n) is 4.14. The van der Waals surface area contributed by atoms with Crippen LogP contribution in [-0.2, 0) is 11.3 Å². The van der Waals surface area contributed by atoms with Gasteiger partial charge in [-0.15, -0.1) is 0 Å². The van der Waals surface area contributed by atoms with E-state index < -0.39 is 0 Å². The summed E-state index contributed by atoms with van der Waals surface area (Å²) >= 11 is 6.15. The number of carbonyl (C=O) groups excluding carboxylic acids is 1. The number of halogens is 1. The number of ether oxygens (including phenoxy) is 1. The van der Waals surface area contributed by atoms with Crippen LogP contribution in [0.3, 0.4) is 0 Å². The van der Waals surface area contributed by atoms with Gasteiger partial charge in [0.15, 0.2) is 18.2 Å². The molecule has 2 aromatic heterocycles. The van der Waals surface area contributed by atoms with Crippen molar-refractivity contribution >= 4 is 39.9 Å². The number of benzene rings is 1. The van der Waals surface area contributed by atoms with E-state index in [4.69, 9.17) is 16.3 Å². The third kappa shape index (κ3) is 5.27. The van der Waals surface area contributed by atoms with Crippen molar-refractivity contribution in [3.05, 3.63) is 51.7 Å². The largest absolute Gasteiger partial charge is 0.478 e. The molecule has 3 rings (SSSR count). The Bertz CT molecular complexity index is 1100. The fourth-order valence-electron chi connectivity index (χ4n) is 2.75. The van der Waals surface area contributed by atoms with Gasteiger partial charge in [-0.1, -0.05) is 25.4 Å². The highest BCUT2D eigenvalue weighted by Gasteiger charge is 2.12. The summed E-state index contributed by atoms with van der Waals surface area (Å²) < 4.78 is 7.02. The Kier molecular flexibility index (Phi) is 8.17. The average molecular weight is 432 g/mol. The van der Waals surface area contributed by atoms with E-state index in [1.54, 1.807) is 17.6 Å². The van der Waals surface area contributed by atoms with Crippen molar-refractivity contribution in [3.63, 3.8) is 0 Å². The maximum Gasteiger partial charge on any atom is 0.293 e. The number of aromatic nitrogens is 3. The molecule has 0 spiro atoms. The Morgan fingerprint density at radius 1 is 1.27 bits per heavy atom. The number of likely N-dealkylation sites (N-methyl/N-ethyl adjacent to an activating group) is 1. The van der Waals surface area contributed by atoms with E-state index in [9.17, 15) is 9.59 Å². The molecule has 1 amide bonds. The van der Waals surface area contributed by atoms with Crippen molar-refractivity contribution < 1.29 is 9.53 Å². The molecular weight excluding hydrogens is 406 g/mol. The monoisotopic (exact) mass is 431 g/mol. The first-order valence-corrected chi connectivity index (χ1v) is 10.1. The highest BCUT2D eigenvalue weighted by Crippen LogP contribution is 2.26. The lowest BCUT2D eigenvalue weighted by Gasteiger charge is -2.14. The van der Waals surface area contributed by atoms with Crippen LogP contribution in [0.4, 0.5) is 11.5 Å². The van der Waals surface area contributed by atoms with Gasteiger partial charge in [0, 0.05) is 24.7 Å². The zero-order chi connectivity index (χ0) is 22.3. The average Bonchev–Trinajstić information content (AvgIpc) is 2.76. The van der Waals surface area contributed by atoms with Gasteiger partial charge in [-0.3, -0.25) is 9.59 Å². The number of hydrogen-bond donors (Lipinski definition) is 2. The minimum Gasteiger partial charge on any atom is -0.478 e. The molecule has 8 nitrogen and oxygen atoms in total. The molecule has 1 aromatic carbocycles. The fraction of sp³-hybridized carbons (Fsp3) is 0.333. The Hall–Kier alpha value is -3.13. The van der Waals surface area contributed by atoms with E-state index in [-0.39, 0.29) is 23.8 Å². The molecule has 0 atom stereocenters. The molecule has 0 aliphatic rings. The topological polar surface area (TPSA) is 98.1 Å². The number of rotatable bonds is 6. The Balaban J connectivity index is 0.00000155. The first kappa shape index (κ1) is 23.2. The van der Waals surface area contributed by atoms with E-state index >= 15 is 0 Å². The molecule has 0 saturated carbocycles. The lowest BCUT2D eigenvalue weighted by Crippen LogP contribution is -2.28. The van der Waals surface area contributed by atoms with Crippen molar-refractivity contribution in [2.75, 3.05) is 19.0 Å². The van der Waals surface area contributed by atoms with Crippen LogP contribution in [0.15, 0.2) is 35.3 Å². The van der Waals surface area contributed by atoms with E-state index in [1.165, 1.54) is 13.2 Å². The van der Waals surface area contributed by atoms with Gasteiger partial charge in [-0.05, 0) is 38.1 Å². The van der Waals surface area contributed by atoms with Crippen molar-refractivity contribution in [2.24, 2.45) is 0 Å². The molecule has 160 valence electrons. The zero-order valence-corrected chi connectivity index (χ0v) is 18.5. The van der Waals surface area contributed by atoms with E-state index in [0.29, 0.717) is 23.2 Å². The van der Waals surface area contributed by atoms with E-state index in [2.05, 4.69) is 20.6 Å². The van der Waals surface area contributed by atoms with Gasteiger partial charge >= 0.3 is 0 Å². The summed E-state index contributed by atoms with van der Waals surface area (Å²) in [6.45, 7) is 7.89. The second kappa shape index (κ2) is 10.6. The van der Waals surface area contributed by atoms with Gasteiger partial charge in [0.1, 0.15) is 10.8 Å². The summed E-state index contributed by atoms with van der Waals surface area (Å²) in [5.74, 6) is 0.892. The molecule has 0 bridgehead atoms. The summed E-state index contributed by atoms with van der Waals surface area (Å²) in [6.07, 6.45) is 1.53. The zero-order valence-electron chi connectivity index (χ0n) is 17.7. The third-order valence-corrected chi connectivity index (χ3v) is 4.42. The first-order chi connectivity index (χ1) is 14.4. The smallest absolute Gasteiger partial charge is 0.293 e. The van der Waals surface area contributed by atoms with Crippen LogP contribution in [0, 0.1) is 6.92 Å². The maximum absolute atomic E-state index is 12.6. The normalized spacial score (nSPS) is 10.2. The molecule has 0 fully saturated rings. The number of nitrogens with one attached hydrogen (secondary N) is 2. The van der Waals surface area contributed by atoms with Gasteiger partial charge in [0.05, 0.1) is 11.7 Å². The molecule has 2 N–H and O–H groups in total. The summed E-state index contributed by atoms with van der Waals surface area (Å²) in [5.41, 5.74) is 1.22. The summed E-state index contributed by atoms with van der Waals surface area (Å²) in [7, 11) is 1.51. The molecule has 30 heavy (non-hydrogen) atoms. The molecule has 0 radical (unpaired) electrons. The second-order valence-corrected chi connectivity index (χ2v) is 6.44. The fourth-order valence-corrected chi connectivity index (χ4v) is 2.89. The van der Waals surface area contributed by atoms with Gasteiger partial charge < -0.3 is 19.9 Å². The highest BCUT2D eigenvalue weighted by atomic mass is 35.5. The van der Waals surface area contributed by atoms with Crippen molar-refractivity contribution in [1.29, 1.82) is 0 Å². The highest BCUT2D eigenvalue weighted by molar-refractivity contribution is 6.32. The number of aryl methyl sites for hydroxylation is 2. The molecule has 0 aliphatic heterocycles. The number of pyridine rings is 1. The number of fused-ring (bicyclic) bond motifs is 1. The predicted molar refractivity (Wildman–Crippen MR) is 120 cm³/mol. The second-order valence-electron chi connectivity index (χ2n) is 6.03. The molecule has 2 heterocycles. The van der Waals surface area contributed by atoms with Crippen molar-refractivity contribution in [2.45, 2.75) is 34.2 Å². The maximum atomic E-state index is 12.6. The summed E-state index contributed by atoms with van der Waals surface area (Å²) in [4.78, 5) is 32.4. The number of amides is 1. The van der Waals surface area contributed by atoms with Crippen molar-refractivity contribution in [3.8, 4) is 5.75 Å². The predicted octanol–water partition coefficient (Wildman–Crippen LogP) is 3.67. The van der Waals surface area contributed by atoms with Gasteiger partial charge in [0.2, 0.25) is 0 Å². The number of anilines is 2. The quantitative estimate of drug-likeness (QED) is 0.618. The minimum atomic E-state index is -0.313. The number of carbonyl (C=O) groups is 1. The Morgan fingerprint density at radius 2 is 2.00 bits per heavy atom. The lowest BCUT2D eigenvalue weighted by atomic mass is 10.1. The number of hydrogen-bond acceptors (Lipinski definition) is 6. The number of nitrogens with zero attached hydrogens (tertiary/aromatic N) is 3. The van der Waals surface area contributed by atoms with Crippen LogP contribution < -0.4 is 20.9 Å². The molecule has 0 unspecified atom stereocenters. The van der Waals surface area contributed by atoms with E-state index in [1.807, 2.05) is 39.0 Å². The van der Waals surface area contributed by atoms with Gasteiger partial charge in [0.25, 0.3) is 11.5 Å². The standard InChI is InChI=1S/C19H20ClN5O3.C2H6/c1-4-25-15-6-5-13(24-18-14(20)9-22-11(2)23-18)7-12(15)8-16(19(25)27)28-10-17(26)21-3;1-2/h5-9H,4,10H2,1-3H3,(H,21,26)(H,22,23,24);1-2H3. The van der Waals surface area contributed by atoms with Crippen molar-refractivity contribution in [1.82, 2.24) is 19.9 Å². The Morgan fingerprint density at radius 3 is 2.67 bits per heavy atom. The first-order valence-electron chi connectivity index (χ1n) is 9.70. The SMILES string of the molecule is CC.CCn1c(=O)c(OCC(=O)NC)cc2cc(Nc3nc(C)ncc3Cl)ccc21. The molecule has 9 heteroatoms. The van der Waals surface area contributed by atoms with Crippen LogP contribution in [0.5, 0.6) is 5.75 Å². The van der Waals surface area contributed by atoms with Crippen LogP contribution in [0.25, 0.3) is 10.9 Å². The van der Waals surface area contributed by atoms with Crippen LogP contribution in [0.1, 0.15) is 26.6 Å². The molecule has 3 aromatic rings. The summed E-state index contributed by atoms with van der Waals surface area (Å²) in [6, 6.07) is 7.17. The van der Waals surface area contributed by atoms with Crippen LogP contribution in [-0.4, -0.2) is 34.1 Å². The summed E-state index contributed by atoms with van der Waals surface area (Å²) in [5, 5.41) is 6.80. The molecular formula is C21H26ClN5O3. The molecule has 0 aliphatic carbocycles. The lowest BCUT2D eigenvalue weighted by molar-refractivity contribution is -0.122. The molecule has 0 saturated heterocycles. The van der Waals surface area contributed by atoms with Crippen LogP contribution in [0.2, 0.25) is 5.02 Å². The Labute approximate surface area is 180 Å².